The third-order valence-corrected chi connectivity index (χ3v) is 6.25. The van der Waals surface area contributed by atoms with Crippen LogP contribution in [0.15, 0.2) is 70.7 Å². The Bertz CT molecular complexity index is 1280. The molecule has 1 N–H and O–H groups in total. The van der Waals surface area contributed by atoms with Gasteiger partial charge in [0.1, 0.15) is 4.90 Å². The van der Waals surface area contributed by atoms with E-state index >= 15 is 0 Å². The van der Waals surface area contributed by atoms with E-state index in [1.807, 2.05) is 6.92 Å². The number of halogens is 2. The molecule has 0 atom stereocenters. The monoisotopic (exact) mass is 492 g/mol. The topological polar surface area (TPSA) is 94.1 Å². The number of amides is 1. The summed E-state index contributed by atoms with van der Waals surface area (Å²) in [7, 11) is -2.65. The van der Waals surface area contributed by atoms with E-state index in [2.05, 4.69) is 10.5 Å². The van der Waals surface area contributed by atoms with Crippen LogP contribution in [0.4, 0.5) is 0 Å². The minimum atomic E-state index is -4.03. The van der Waals surface area contributed by atoms with Gasteiger partial charge in [0.2, 0.25) is 0 Å². The van der Waals surface area contributed by atoms with Crippen molar-refractivity contribution >= 4 is 45.4 Å². The molecule has 0 aliphatic rings. The number of hydrazone groups is 1. The fraction of sp³-hybridized carbons (Fsp3) is 0.0909. The SMILES string of the molecule is COc1cc(/C=N/NC(=O)c2ccc(Cl)c(Cl)c2)ccc1OS(=O)(=O)c1ccc(C)cc1. The van der Waals surface area contributed by atoms with Crippen LogP contribution in [-0.2, 0) is 10.1 Å². The van der Waals surface area contributed by atoms with E-state index in [4.69, 9.17) is 32.1 Å². The first-order valence-corrected chi connectivity index (χ1v) is 11.3. The first-order chi connectivity index (χ1) is 15.2. The molecule has 32 heavy (non-hydrogen) atoms. The van der Waals surface area contributed by atoms with E-state index in [0.29, 0.717) is 16.1 Å². The summed E-state index contributed by atoms with van der Waals surface area (Å²) in [5, 5.41) is 4.48. The number of rotatable bonds is 7. The quantitative estimate of drug-likeness (QED) is 0.289. The van der Waals surface area contributed by atoms with Crippen LogP contribution < -0.4 is 14.3 Å². The smallest absolute Gasteiger partial charge is 0.339 e. The molecule has 3 rings (SSSR count). The maximum absolute atomic E-state index is 12.5. The molecule has 0 aromatic heterocycles. The van der Waals surface area contributed by atoms with Crippen molar-refractivity contribution in [3.8, 4) is 11.5 Å². The zero-order chi connectivity index (χ0) is 23.3. The Labute approximate surface area is 195 Å². The Morgan fingerprint density at radius 2 is 1.69 bits per heavy atom. The Balaban J connectivity index is 1.72. The summed E-state index contributed by atoms with van der Waals surface area (Å²) in [6.45, 7) is 1.85. The highest BCUT2D eigenvalue weighted by Crippen LogP contribution is 2.30. The number of carbonyl (C=O) groups excluding carboxylic acids is 1. The van der Waals surface area contributed by atoms with E-state index in [-0.39, 0.29) is 21.4 Å². The van der Waals surface area contributed by atoms with Crippen LogP contribution in [0.1, 0.15) is 21.5 Å². The van der Waals surface area contributed by atoms with E-state index in [1.165, 1.54) is 55.8 Å². The molecular weight excluding hydrogens is 475 g/mol. The lowest BCUT2D eigenvalue weighted by atomic mass is 10.2. The van der Waals surface area contributed by atoms with Crippen LogP contribution in [0.2, 0.25) is 10.0 Å². The number of carbonyl (C=O) groups is 1. The highest BCUT2D eigenvalue weighted by molar-refractivity contribution is 7.87. The maximum Gasteiger partial charge on any atom is 0.339 e. The Hall–Kier alpha value is -3.07. The molecule has 0 fully saturated rings. The fourth-order valence-electron chi connectivity index (χ4n) is 2.57. The standard InChI is InChI=1S/C22H18Cl2N2O5S/c1-14-3-7-17(8-4-14)32(28,29)31-20-10-5-15(11-21(20)30-2)13-25-26-22(27)16-6-9-18(23)19(24)12-16/h3-13H,1-2H3,(H,26,27)/b25-13+. The Morgan fingerprint density at radius 1 is 0.969 bits per heavy atom. The van der Waals surface area contributed by atoms with Crippen molar-refractivity contribution in [2.75, 3.05) is 7.11 Å². The average molecular weight is 493 g/mol. The summed E-state index contributed by atoms with van der Waals surface area (Å²) in [5.41, 5.74) is 4.13. The average Bonchev–Trinajstić information content (AvgIpc) is 2.76. The van der Waals surface area contributed by atoms with Gasteiger partial charge in [-0.15, -0.1) is 0 Å². The minimum absolute atomic E-state index is 0.0186. The summed E-state index contributed by atoms with van der Waals surface area (Å²) in [6, 6.07) is 15.3. The summed E-state index contributed by atoms with van der Waals surface area (Å²) in [5.74, 6) is -0.276. The van der Waals surface area contributed by atoms with Crippen molar-refractivity contribution in [2.24, 2.45) is 5.10 Å². The van der Waals surface area contributed by atoms with Crippen LogP contribution in [0, 0.1) is 6.92 Å². The molecule has 1 amide bonds. The van der Waals surface area contributed by atoms with E-state index in [9.17, 15) is 13.2 Å². The molecule has 0 radical (unpaired) electrons. The van der Waals surface area contributed by atoms with Crippen molar-refractivity contribution in [3.63, 3.8) is 0 Å². The van der Waals surface area contributed by atoms with E-state index in [0.717, 1.165) is 5.56 Å². The summed E-state index contributed by atoms with van der Waals surface area (Å²) < 4.78 is 35.5. The number of hydrogen-bond acceptors (Lipinski definition) is 6. The molecule has 0 bridgehead atoms. The molecule has 7 nitrogen and oxygen atoms in total. The van der Waals surface area contributed by atoms with Gasteiger partial charge in [-0.2, -0.15) is 13.5 Å². The molecular formula is C22H18Cl2N2O5S. The zero-order valence-corrected chi connectivity index (χ0v) is 19.3. The van der Waals surface area contributed by atoms with Crippen LogP contribution in [0.5, 0.6) is 11.5 Å². The first kappa shape index (κ1) is 23.6. The van der Waals surface area contributed by atoms with E-state index in [1.54, 1.807) is 18.2 Å². The number of hydrogen-bond donors (Lipinski definition) is 1. The fourth-order valence-corrected chi connectivity index (χ4v) is 3.81. The van der Waals surface area contributed by atoms with Gasteiger partial charge in [0, 0.05) is 5.56 Å². The number of nitrogens with one attached hydrogen (secondary N) is 1. The predicted molar refractivity (Wildman–Crippen MR) is 124 cm³/mol. The largest absolute Gasteiger partial charge is 0.493 e. The van der Waals surface area contributed by atoms with Crippen LogP contribution >= 0.6 is 23.2 Å². The third-order valence-electron chi connectivity index (χ3n) is 4.26. The van der Waals surface area contributed by atoms with Crippen LogP contribution in [-0.4, -0.2) is 27.6 Å². The number of nitrogens with zero attached hydrogens (tertiary/aromatic N) is 1. The number of benzene rings is 3. The van der Waals surface area contributed by atoms with Gasteiger partial charge in [0.05, 0.1) is 23.4 Å². The molecule has 0 aliphatic heterocycles. The molecule has 0 aliphatic carbocycles. The van der Waals surface area contributed by atoms with Crippen LogP contribution in [0.25, 0.3) is 0 Å². The molecule has 0 saturated carbocycles. The normalized spacial score (nSPS) is 11.4. The second-order valence-corrected chi connectivity index (χ2v) is 8.95. The van der Waals surface area contributed by atoms with Crippen LogP contribution in [0.3, 0.4) is 0 Å². The van der Waals surface area contributed by atoms with Gasteiger partial charge in [-0.25, -0.2) is 5.43 Å². The first-order valence-electron chi connectivity index (χ1n) is 9.17. The summed E-state index contributed by atoms with van der Waals surface area (Å²) in [4.78, 5) is 12.2. The second kappa shape index (κ2) is 10.0. The van der Waals surface area contributed by atoms with E-state index < -0.39 is 16.0 Å². The summed E-state index contributed by atoms with van der Waals surface area (Å²) in [6.07, 6.45) is 1.37. The van der Waals surface area contributed by atoms with Gasteiger partial charge in [-0.05, 0) is 61.0 Å². The zero-order valence-electron chi connectivity index (χ0n) is 17.0. The minimum Gasteiger partial charge on any atom is -0.493 e. The van der Waals surface area contributed by atoms with Crippen molar-refractivity contribution in [1.29, 1.82) is 0 Å². The molecule has 3 aromatic carbocycles. The van der Waals surface area contributed by atoms with Gasteiger partial charge in [0.25, 0.3) is 5.91 Å². The molecule has 0 spiro atoms. The molecule has 0 saturated heterocycles. The maximum atomic E-state index is 12.5. The van der Waals surface area contributed by atoms with Gasteiger partial charge >= 0.3 is 10.1 Å². The van der Waals surface area contributed by atoms with Gasteiger partial charge in [-0.3, -0.25) is 4.79 Å². The Morgan fingerprint density at radius 3 is 2.34 bits per heavy atom. The molecule has 166 valence electrons. The lowest BCUT2D eigenvalue weighted by molar-refractivity contribution is 0.0955. The third kappa shape index (κ3) is 5.79. The summed E-state index contributed by atoms with van der Waals surface area (Å²) >= 11 is 11.7. The second-order valence-electron chi connectivity index (χ2n) is 6.59. The van der Waals surface area contributed by atoms with Gasteiger partial charge in [0.15, 0.2) is 11.5 Å². The Kier molecular flexibility index (Phi) is 7.40. The van der Waals surface area contributed by atoms with Gasteiger partial charge < -0.3 is 8.92 Å². The highest BCUT2D eigenvalue weighted by Gasteiger charge is 2.19. The molecule has 10 heteroatoms. The number of aryl methyl sites for hydroxylation is 1. The van der Waals surface area contributed by atoms with Crippen molar-refractivity contribution in [1.82, 2.24) is 5.43 Å². The molecule has 0 heterocycles. The number of methoxy groups -OCH3 is 1. The van der Waals surface area contributed by atoms with Crippen molar-refractivity contribution < 1.29 is 22.1 Å². The molecule has 3 aromatic rings. The molecule has 0 unspecified atom stereocenters. The lowest BCUT2D eigenvalue weighted by Crippen LogP contribution is -2.17. The lowest BCUT2D eigenvalue weighted by Gasteiger charge is -2.11. The van der Waals surface area contributed by atoms with Gasteiger partial charge in [-0.1, -0.05) is 40.9 Å². The van der Waals surface area contributed by atoms with Crippen molar-refractivity contribution in [2.45, 2.75) is 11.8 Å². The number of ether oxygens (including phenoxy) is 1. The highest BCUT2D eigenvalue weighted by atomic mass is 35.5. The predicted octanol–water partition coefficient (Wildman–Crippen LogP) is 4.84. The van der Waals surface area contributed by atoms with Crippen molar-refractivity contribution in [3.05, 3.63) is 87.4 Å².